The van der Waals surface area contributed by atoms with E-state index in [1.165, 1.54) is 11.3 Å². The number of aromatic nitrogens is 4. The molecule has 0 radical (unpaired) electrons. The quantitative estimate of drug-likeness (QED) is 0.217. The summed E-state index contributed by atoms with van der Waals surface area (Å²) in [5.41, 5.74) is 3.14. The zero-order valence-electron chi connectivity index (χ0n) is 28.6. The van der Waals surface area contributed by atoms with E-state index in [4.69, 9.17) is 16.6 Å². The predicted molar refractivity (Wildman–Crippen MR) is 198 cm³/mol. The van der Waals surface area contributed by atoms with Gasteiger partial charge in [-0.05, 0) is 50.5 Å². The molecule has 0 saturated carbocycles. The van der Waals surface area contributed by atoms with Crippen molar-refractivity contribution >= 4 is 68.9 Å². The number of piperidine rings is 1. The number of hydrogen-bond donors (Lipinski definition) is 3. The molecule has 3 fully saturated rings. The van der Waals surface area contributed by atoms with E-state index < -0.39 is 6.03 Å². The van der Waals surface area contributed by atoms with E-state index in [9.17, 15) is 14.4 Å². The van der Waals surface area contributed by atoms with E-state index in [-0.39, 0.29) is 11.8 Å². The molecule has 3 aliphatic rings. The molecule has 266 valence electrons. The number of para-hydroxylation sites is 1. The fourth-order valence-electron chi connectivity index (χ4n) is 6.75. The van der Waals surface area contributed by atoms with Crippen LogP contribution < -0.4 is 25.8 Å². The second kappa shape index (κ2) is 15.3. The smallest absolute Gasteiger partial charge is 0.328 e. The Morgan fingerprint density at radius 1 is 0.980 bits per heavy atom. The van der Waals surface area contributed by atoms with Gasteiger partial charge >= 0.3 is 6.03 Å². The second-order valence-electron chi connectivity index (χ2n) is 13.0. The molecule has 3 aliphatic heterocycles. The van der Waals surface area contributed by atoms with E-state index >= 15 is 0 Å². The Bertz CT molecular complexity index is 1890. The van der Waals surface area contributed by atoms with Gasteiger partial charge in [0, 0.05) is 70.9 Å². The molecule has 3 N–H and O–H groups in total. The standard InChI is InChI=1S/C35H40ClN11O3S/c1-22-4-3-5-27(36)32(22)43-33(49)28-20-38-34(51-28)41-29-18-30(40-23(2)39-29)46-11-8-25(9-12-46)45-16-14-44(15-17-45)21-24-6-7-26(19-37-24)47-13-10-31(48)42-35(47)50/h3-7,18-20,25H,8-17,21H2,1-2H3,(H,43,49)(H,42,48,50)(H,38,39,40,41). The van der Waals surface area contributed by atoms with Gasteiger partial charge in [0.25, 0.3) is 5.91 Å². The fourth-order valence-corrected chi connectivity index (χ4v) is 7.73. The summed E-state index contributed by atoms with van der Waals surface area (Å²) in [5, 5.41) is 9.57. The van der Waals surface area contributed by atoms with Crippen molar-refractivity contribution < 1.29 is 14.4 Å². The third-order valence-corrected chi connectivity index (χ3v) is 10.7. The summed E-state index contributed by atoms with van der Waals surface area (Å²) in [5.74, 6) is 1.66. The number of imide groups is 1. The maximum atomic E-state index is 12.9. The van der Waals surface area contributed by atoms with Crippen molar-refractivity contribution in [3.63, 3.8) is 0 Å². The number of rotatable bonds is 9. The average Bonchev–Trinajstić information content (AvgIpc) is 3.59. The highest BCUT2D eigenvalue weighted by Gasteiger charge is 2.29. The number of pyridine rings is 1. The van der Waals surface area contributed by atoms with Gasteiger partial charge in [0.05, 0.1) is 34.5 Å². The van der Waals surface area contributed by atoms with Crippen molar-refractivity contribution in [3.05, 3.63) is 75.8 Å². The summed E-state index contributed by atoms with van der Waals surface area (Å²) in [6, 6.07) is 11.4. The number of piperazine rings is 1. The van der Waals surface area contributed by atoms with E-state index in [0.717, 1.165) is 75.7 Å². The topological polar surface area (TPSA) is 152 Å². The average molecular weight is 730 g/mol. The van der Waals surface area contributed by atoms with Gasteiger partial charge in [-0.1, -0.05) is 35.1 Å². The van der Waals surface area contributed by atoms with Crippen molar-refractivity contribution in [2.24, 2.45) is 0 Å². The molecule has 1 aromatic carbocycles. The Morgan fingerprint density at radius 2 is 1.78 bits per heavy atom. The largest absolute Gasteiger partial charge is 0.356 e. The third-order valence-electron chi connectivity index (χ3n) is 9.52. The van der Waals surface area contributed by atoms with E-state index in [0.29, 0.717) is 57.1 Å². The van der Waals surface area contributed by atoms with Gasteiger partial charge in [-0.3, -0.25) is 34.6 Å². The predicted octanol–water partition coefficient (Wildman–Crippen LogP) is 4.83. The van der Waals surface area contributed by atoms with Crippen molar-refractivity contribution in [2.75, 3.05) is 66.2 Å². The number of thiazole rings is 1. The lowest BCUT2D eigenvalue weighted by atomic mass is 10.0. The number of hydrogen-bond acceptors (Lipinski definition) is 12. The molecule has 0 aliphatic carbocycles. The second-order valence-corrected chi connectivity index (χ2v) is 14.4. The summed E-state index contributed by atoms with van der Waals surface area (Å²) in [6.07, 6.45) is 5.67. The molecule has 51 heavy (non-hydrogen) atoms. The maximum absolute atomic E-state index is 12.9. The first kappa shape index (κ1) is 34.7. The first-order valence-electron chi connectivity index (χ1n) is 17.1. The van der Waals surface area contributed by atoms with Gasteiger partial charge in [0.1, 0.15) is 22.3 Å². The minimum absolute atomic E-state index is 0.244. The molecular formula is C35H40ClN11O3S. The van der Waals surface area contributed by atoms with E-state index in [1.54, 1.807) is 23.4 Å². The van der Waals surface area contributed by atoms with Crippen LogP contribution in [-0.4, -0.2) is 99.4 Å². The van der Waals surface area contributed by atoms with Crippen molar-refractivity contribution in [3.8, 4) is 0 Å². The summed E-state index contributed by atoms with van der Waals surface area (Å²) >= 11 is 7.54. The van der Waals surface area contributed by atoms with Crippen LogP contribution >= 0.6 is 22.9 Å². The number of urea groups is 1. The van der Waals surface area contributed by atoms with Crippen molar-refractivity contribution in [1.82, 2.24) is 35.1 Å². The Labute approximate surface area is 305 Å². The summed E-state index contributed by atoms with van der Waals surface area (Å²) in [4.78, 5) is 64.2. The molecule has 7 rings (SSSR count). The maximum Gasteiger partial charge on any atom is 0.328 e. The molecule has 14 nitrogen and oxygen atoms in total. The normalized spacial score (nSPS) is 17.8. The van der Waals surface area contributed by atoms with E-state index in [1.807, 2.05) is 44.2 Å². The summed E-state index contributed by atoms with van der Waals surface area (Å²) in [7, 11) is 0. The fraction of sp³-hybridized carbons (Fsp3) is 0.400. The molecule has 4 amide bonds. The molecule has 0 spiro atoms. The van der Waals surface area contributed by atoms with Crippen LogP contribution in [0.3, 0.4) is 0 Å². The number of nitrogens with one attached hydrogen (secondary N) is 3. The van der Waals surface area contributed by atoms with Crippen LogP contribution in [0.15, 0.2) is 48.8 Å². The highest BCUT2D eigenvalue weighted by Crippen LogP contribution is 2.29. The molecule has 6 heterocycles. The van der Waals surface area contributed by atoms with Crippen LogP contribution in [0.1, 0.15) is 46.0 Å². The summed E-state index contributed by atoms with van der Waals surface area (Å²) < 4.78 is 0. The zero-order valence-corrected chi connectivity index (χ0v) is 30.1. The molecule has 16 heteroatoms. The monoisotopic (exact) mass is 729 g/mol. The van der Waals surface area contributed by atoms with Crippen LogP contribution in [0.25, 0.3) is 0 Å². The number of aryl methyl sites for hydroxylation is 2. The molecule has 0 atom stereocenters. The number of amides is 4. The minimum atomic E-state index is -0.396. The Hall–Kier alpha value is -4.70. The number of nitrogens with zero attached hydrogens (tertiary/aromatic N) is 8. The molecular weight excluding hydrogens is 690 g/mol. The minimum Gasteiger partial charge on any atom is -0.356 e. The number of benzene rings is 1. The van der Waals surface area contributed by atoms with Crippen LogP contribution in [0.2, 0.25) is 5.02 Å². The van der Waals surface area contributed by atoms with Crippen LogP contribution in [0.5, 0.6) is 0 Å². The van der Waals surface area contributed by atoms with Gasteiger partial charge in [-0.25, -0.2) is 19.7 Å². The number of anilines is 5. The summed E-state index contributed by atoms with van der Waals surface area (Å²) in [6.45, 7) is 10.7. The molecule has 0 unspecified atom stereocenters. The Balaban J connectivity index is 0.878. The van der Waals surface area contributed by atoms with Gasteiger partial charge in [0.15, 0.2) is 5.13 Å². The Kier molecular flexibility index (Phi) is 10.4. The number of carbonyl (C=O) groups is 3. The zero-order chi connectivity index (χ0) is 35.5. The van der Waals surface area contributed by atoms with Crippen LogP contribution in [0, 0.1) is 13.8 Å². The van der Waals surface area contributed by atoms with Gasteiger partial charge < -0.3 is 15.5 Å². The van der Waals surface area contributed by atoms with E-state index in [2.05, 4.69) is 45.6 Å². The molecule has 3 saturated heterocycles. The third kappa shape index (κ3) is 8.28. The lowest BCUT2D eigenvalue weighted by Gasteiger charge is -2.43. The number of carbonyl (C=O) groups excluding carboxylic acids is 3. The SMILES string of the molecule is Cc1nc(Nc2ncc(C(=O)Nc3c(C)cccc3Cl)s2)cc(N2CCC(N3CCN(Cc4ccc(N5CCC(=O)NC5=O)cn4)CC3)CC2)n1. The number of halogens is 1. The van der Waals surface area contributed by atoms with Gasteiger partial charge in [-0.15, -0.1) is 0 Å². The van der Waals surface area contributed by atoms with Gasteiger partial charge in [-0.2, -0.15) is 0 Å². The van der Waals surface area contributed by atoms with Gasteiger partial charge in [0.2, 0.25) is 5.91 Å². The first-order chi connectivity index (χ1) is 24.7. The van der Waals surface area contributed by atoms with Crippen LogP contribution in [-0.2, 0) is 11.3 Å². The highest BCUT2D eigenvalue weighted by atomic mass is 35.5. The molecule has 3 aromatic heterocycles. The molecule has 4 aromatic rings. The lowest BCUT2D eigenvalue weighted by molar-refractivity contribution is -0.120. The first-order valence-corrected chi connectivity index (χ1v) is 18.3. The van der Waals surface area contributed by atoms with Crippen molar-refractivity contribution in [1.29, 1.82) is 0 Å². The lowest BCUT2D eigenvalue weighted by Crippen LogP contribution is -2.53. The molecule has 0 bridgehead atoms. The Morgan fingerprint density at radius 3 is 2.51 bits per heavy atom. The van der Waals surface area contributed by atoms with Crippen molar-refractivity contribution in [2.45, 2.75) is 45.7 Å². The van der Waals surface area contributed by atoms with Crippen LogP contribution in [0.4, 0.5) is 32.9 Å². The highest BCUT2D eigenvalue weighted by molar-refractivity contribution is 7.17.